The summed E-state index contributed by atoms with van der Waals surface area (Å²) in [6, 6.07) is 10.7. The number of benzene rings is 2. The third-order valence-corrected chi connectivity index (χ3v) is 4.35. The molecule has 0 unspecified atom stereocenters. The first kappa shape index (κ1) is 21.5. The van der Waals surface area contributed by atoms with Gasteiger partial charge in [0, 0.05) is 20.1 Å². The monoisotopic (exact) mass is 421 g/mol. The quantitative estimate of drug-likeness (QED) is 0.478. The lowest BCUT2D eigenvalue weighted by Crippen LogP contribution is -2.37. The summed E-state index contributed by atoms with van der Waals surface area (Å²) in [6.45, 7) is 0.598. The van der Waals surface area contributed by atoms with Crippen LogP contribution in [0, 0.1) is 0 Å². The molecule has 0 saturated heterocycles. The van der Waals surface area contributed by atoms with E-state index >= 15 is 0 Å². The molecule has 0 bridgehead atoms. The zero-order valence-corrected chi connectivity index (χ0v) is 16.9. The molecule has 2 aromatic carbocycles. The van der Waals surface area contributed by atoms with E-state index in [-0.39, 0.29) is 18.3 Å². The van der Waals surface area contributed by atoms with Crippen LogP contribution in [0.1, 0.15) is 18.1 Å². The summed E-state index contributed by atoms with van der Waals surface area (Å²) in [7, 11) is 1.68. The van der Waals surface area contributed by atoms with Gasteiger partial charge in [0.05, 0.1) is 6.61 Å². The van der Waals surface area contributed by atoms with Crippen molar-refractivity contribution in [3.63, 3.8) is 0 Å². The molecule has 1 aliphatic heterocycles. The van der Waals surface area contributed by atoms with Gasteiger partial charge in [0.25, 0.3) is 0 Å². The molecule has 1 aliphatic rings. The maximum absolute atomic E-state index is 12.5. The summed E-state index contributed by atoms with van der Waals surface area (Å²) >= 11 is 0. The molecule has 3 rings (SSSR count). The fraction of sp³-hybridized carbons (Fsp3) is 0.381. The molecule has 0 radical (unpaired) electrons. The van der Waals surface area contributed by atoms with Crippen LogP contribution in [0.25, 0.3) is 0 Å². The van der Waals surface area contributed by atoms with Crippen LogP contribution in [0.15, 0.2) is 41.4 Å². The Balaban J connectivity index is 1.50. The molecule has 0 aromatic heterocycles. The predicted molar refractivity (Wildman–Crippen MR) is 109 cm³/mol. The highest BCUT2D eigenvalue weighted by Gasteiger charge is 2.13. The highest BCUT2D eigenvalue weighted by Crippen LogP contribution is 2.32. The molecular weight excluding hydrogens is 396 g/mol. The molecule has 0 aliphatic carbocycles. The van der Waals surface area contributed by atoms with Crippen molar-refractivity contribution >= 4 is 5.96 Å². The molecule has 162 valence electrons. The summed E-state index contributed by atoms with van der Waals surface area (Å²) in [5.41, 5.74) is 1.97. The summed E-state index contributed by atoms with van der Waals surface area (Å²) in [4.78, 5) is 4.20. The van der Waals surface area contributed by atoms with Crippen LogP contribution in [-0.4, -0.2) is 39.6 Å². The third kappa shape index (κ3) is 5.88. The van der Waals surface area contributed by atoms with Crippen molar-refractivity contribution in [2.24, 2.45) is 4.99 Å². The van der Waals surface area contributed by atoms with Crippen molar-refractivity contribution in [3.05, 3.63) is 47.5 Å². The standard InChI is InChI=1S/C21H25F2N3O4/c1-3-27-19-11-15(5-7-17(19)30-20(22)23)12-26-21(24-2)25-9-8-14-4-6-16-18(10-14)29-13-28-16/h4-7,10-11,20H,3,8-9,12-13H2,1-2H3,(H2,24,25,26). The smallest absolute Gasteiger partial charge is 0.387 e. The topological polar surface area (TPSA) is 73.3 Å². The molecule has 0 fully saturated rings. The van der Waals surface area contributed by atoms with Gasteiger partial charge in [-0.2, -0.15) is 8.78 Å². The lowest BCUT2D eigenvalue weighted by molar-refractivity contribution is -0.0514. The number of halogens is 2. The first-order valence-corrected chi connectivity index (χ1v) is 9.62. The number of hydrogen-bond acceptors (Lipinski definition) is 5. The second-order valence-corrected chi connectivity index (χ2v) is 6.38. The first-order valence-electron chi connectivity index (χ1n) is 9.62. The number of ether oxygens (including phenoxy) is 4. The van der Waals surface area contributed by atoms with Crippen LogP contribution in [0.3, 0.4) is 0 Å². The normalized spacial score (nSPS) is 12.8. The molecule has 0 spiro atoms. The molecular formula is C21H25F2N3O4. The van der Waals surface area contributed by atoms with E-state index < -0.39 is 6.61 Å². The number of hydrogen-bond donors (Lipinski definition) is 2. The van der Waals surface area contributed by atoms with Gasteiger partial charge in [-0.1, -0.05) is 12.1 Å². The van der Waals surface area contributed by atoms with Gasteiger partial charge in [0.2, 0.25) is 6.79 Å². The molecule has 2 aromatic rings. The number of alkyl halides is 2. The van der Waals surface area contributed by atoms with Gasteiger partial charge in [0.15, 0.2) is 29.0 Å². The molecule has 30 heavy (non-hydrogen) atoms. The van der Waals surface area contributed by atoms with Gasteiger partial charge in [0.1, 0.15) is 0 Å². The largest absolute Gasteiger partial charge is 0.490 e. The zero-order valence-electron chi connectivity index (χ0n) is 16.9. The maximum atomic E-state index is 12.5. The molecule has 7 nitrogen and oxygen atoms in total. The molecule has 9 heteroatoms. The summed E-state index contributed by atoms with van der Waals surface area (Å²) < 4.78 is 45.6. The number of nitrogens with one attached hydrogen (secondary N) is 2. The Morgan fingerprint density at radius 2 is 1.87 bits per heavy atom. The number of guanidine groups is 1. The highest BCUT2D eigenvalue weighted by molar-refractivity contribution is 5.79. The average Bonchev–Trinajstić information content (AvgIpc) is 3.20. The highest BCUT2D eigenvalue weighted by atomic mass is 19.3. The summed E-state index contributed by atoms with van der Waals surface area (Å²) in [5, 5.41) is 6.44. The minimum atomic E-state index is -2.90. The SMILES string of the molecule is CCOc1cc(CNC(=NC)NCCc2ccc3c(c2)OCO3)ccc1OC(F)F. The Morgan fingerprint density at radius 1 is 1.07 bits per heavy atom. The van der Waals surface area contributed by atoms with Crippen molar-refractivity contribution in [1.29, 1.82) is 0 Å². The van der Waals surface area contributed by atoms with Crippen molar-refractivity contribution in [2.75, 3.05) is 27.0 Å². The van der Waals surface area contributed by atoms with Gasteiger partial charge in [-0.25, -0.2) is 0 Å². The van der Waals surface area contributed by atoms with E-state index in [0.717, 1.165) is 29.0 Å². The Morgan fingerprint density at radius 3 is 2.63 bits per heavy atom. The minimum absolute atomic E-state index is 0.0156. The van der Waals surface area contributed by atoms with E-state index in [2.05, 4.69) is 20.4 Å². The van der Waals surface area contributed by atoms with Crippen LogP contribution in [-0.2, 0) is 13.0 Å². The van der Waals surface area contributed by atoms with Crippen LogP contribution >= 0.6 is 0 Å². The van der Waals surface area contributed by atoms with E-state index in [1.807, 2.05) is 18.2 Å². The second kappa shape index (κ2) is 10.5. The fourth-order valence-corrected chi connectivity index (χ4v) is 2.95. The van der Waals surface area contributed by atoms with E-state index in [0.29, 0.717) is 25.7 Å². The van der Waals surface area contributed by atoms with Crippen molar-refractivity contribution in [3.8, 4) is 23.0 Å². The van der Waals surface area contributed by atoms with Crippen LogP contribution in [0.2, 0.25) is 0 Å². The van der Waals surface area contributed by atoms with Gasteiger partial charge in [-0.3, -0.25) is 4.99 Å². The first-order chi connectivity index (χ1) is 14.6. The molecule has 2 N–H and O–H groups in total. The second-order valence-electron chi connectivity index (χ2n) is 6.38. The van der Waals surface area contributed by atoms with E-state index in [1.54, 1.807) is 26.1 Å². The summed E-state index contributed by atoms with van der Waals surface area (Å²) in [5.74, 6) is 2.45. The molecule has 0 atom stereocenters. The third-order valence-electron chi connectivity index (χ3n) is 4.35. The van der Waals surface area contributed by atoms with Crippen LogP contribution in [0.4, 0.5) is 8.78 Å². The van der Waals surface area contributed by atoms with Crippen LogP contribution < -0.4 is 29.6 Å². The Bertz CT molecular complexity index is 877. The molecule has 0 saturated carbocycles. The zero-order chi connectivity index (χ0) is 21.3. The maximum Gasteiger partial charge on any atom is 0.387 e. The van der Waals surface area contributed by atoms with Crippen molar-refractivity contribution in [2.45, 2.75) is 26.5 Å². The lowest BCUT2D eigenvalue weighted by atomic mass is 10.1. The fourth-order valence-electron chi connectivity index (χ4n) is 2.95. The van der Waals surface area contributed by atoms with Gasteiger partial charge in [-0.15, -0.1) is 0 Å². The summed E-state index contributed by atoms with van der Waals surface area (Å²) in [6.07, 6.45) is 0.783. The van der Waals surface area contributed by atoms with E-state index in [4.69, 9.17) is 14.2 Å². The number of aliphatic imine (C=N–C) groups is 1. The van der Waals surface area contributed by atoms with E-state index in [1.165, 1.54) is 6.07 Å². The molecule has 1 heterocycles. The number of rotatable bonds is 9. The van der Waals surface area contributed by atoms with E-state index in [9.17, 15) is 8.78 Å². The Labute approximate surface area is 174 Å². The van der Waals surface area contributed by atoms with Gasteiger partial charge >= 0.3 is 6.61 Å². The van der Waals surface area contributed by atoms with Gasteiger partial charge in [-0.05, 0) is 48.7 Å². The predicted octanol–water partition coefficient (Wildman–Crippen LogP) is 3.32. The van der Waals surface area contributed by atoms with Crippen LogP contribution in [0.5, 0.6) is 23.0 Å². The Kier molecular flexibility index (Phi) is 7.53. The average molecular weight is 421 g/mol. The molecule has 0 amide bonds. The number of fused-ring (bicyclic) bond motifs is 1. The van der Waals surface area contributed by atoms with Gasteiger partial charge < -0.3 is 29.6 Å². The Hall–Kier alpha value is -3.23. The number of nitrogens with zero attached hydrogens (tertiary/aromatic N) is 1. The van der Waals surface area contributed by atoms with Crippen molar-refractivity contribution < 1.29 is 27.7 Å². The lowest BCUT2D eigenvalue weighted by Gasteiger charge is -2.15. The minimum Gasteiger partial charge on any atom is -0.490 e. The van der Waals surface area contributed by atoms with Crippen molar-refractivity contribution in [1.82, 2.24) is 10.6 Å².